The molecule has 0 aliphatic heterocycles. The van der Waals surface area contributed by atoms with Gasteiger partial charge in [-0.25, -0.2) is 0 Å². The predicted molar refractivity (Wildman–Crippen MR) is 53.3 cm³/mol. The number of carbonyl (C=O) groups is 1. The number of allylic oxidation sites excluding steroid dienone is 3. The van der Waals surface area contributed by atoms with E-state index in [2.05, 4.69) is 25.8 Å². The van der Waals surface area contributed by atoms with Crippen LogP contribution in [0.5, 0.6) is 0 Å². The third-order valence-corrected chi connectivity index (χ3v) is 1.32. The Morgan fingerprint density at radius 1 is 1.33 bits per heavy atom. The van der Waals surface area contributed by atoms with Crippen molar-refractivity contribution in [2.75, 3.05) is 0 Å². The maximum Gasteiger partial charge on any atom is 0.303 e. The number of carboxylic acid groups (broad SMARTS) is 1. The maximum absolute atomic E-state index is 10.1. The second-order valence-corrected chi connectivity index (χ2v) is 2.95. The van der Waals surface area contributed by atoms with Crippen molar-refractivity contribution in [3.05, 3.63) is 35.8 Å². The first-order chi connectivity index (χ1) is 5.52. The summed E-state index contributed by atoms with van der Waals surface area (Å²) in [6, 6.07) is 0. The molecule has 0 aromatic heterocycles. The minimum Gasteiger partial charge on any atom is -0.481 e. The highest BCUT2D eigenvalue weighted by Crippen LogP contribution is 2.06. The van der Waals surface area contributed by atoms with Crippen LogP contribution in [-0.4, -0.2) is 11.1 Å². The third-order valence-electron chi connectivity index (χ3n) is 1.17. The van der Waals surface area contributed by atoms with Crippen LogP contribution in [-0.2, 0) is 4.79 Å². The minimum atomic E-state index is -0.811. The predicted octanol–water partition coefficient (Wildman–Crippen LogP) is 2.41. The van der Waals surface area contributed by atoms with Gasteiger partial charge in [-0.1, -0.05) is 24.8 Å². The summed E-state index contributed by atoms with van der Waals surface area (Å²) >= 11 is 3.94. The molecule has 0 amide bonds. The summed E-state index contributed by atoms with van der Waals surface area (Å²) in [4.78, 5) is 10.8. The van der Waals surface area contributed by atoms with E-state index >= 15 is 0 Å². The highest BCUT2D eigenvalue weighted by atomic mass is 32.1. The molecule has 0 unspecified atom stereocenters. The lowest BCUT2D eigenvalue weighted by Gasteiger charge is -1.95. The van der Waals surface area contributed by atoms with Crippen LogP contribution in [0.15, 0.2) is 35.8 Å². The Morgan fingerprint density at radius 3 is 2.33 bits per heavy atom. The highest BCUT2D eigenvalue weighted by Gasteiger charge is 1.96. The molecule has 0 spiro atoms. The van der Waals surface area contributed by atoms with Crippen molar-refractivity contribution in [3.63, 3.8) is 0 Å². The van der Waals surface area contributed by atoms with Gasteiger partial charge in [0.25, 0.3) is 0 Å². The quantitative estimate of drug-likeness (QED) is 0.508. The van der Waals surface area contributed by atoms with Gasteiger partial charge in [-0.3, -0.25) is 4.79 Å². The smallest absolute Gasteiger partial charge is 0.303 e. The second-order valence-electron chi connectivity index (χ2n) is 2.38. The van der Waals surface area contributed by atoms with Gasteiger partial charge in [-0.2, -0.15) is 0 Å². The molecule has 2 nitrogen and oxygen atoms in total. The SMILES string of the molecule is C=C(S)/C=C\C(=C)CCC(=O)O. The lowest BCUT2D eigenvalue weighted by molar-refractivity contribution is -0.136. The maximum atomic E-state index is 10.1. The molecule has 12 heavy (non-hydrogen) atoms. The summed E-state index contributed by atoms with van der Waals surface area (Å²) in [5, 5.41) is 8.34. The van der Waals surface area contributed by atoms with Gasteiger partial charge in [-0.05, 0) is 17.4 Å². The monoisotopic (exact) mass is 184 g/mol. The average Bonchev–Trinajstić information content (AvgIpc) is 1.96. The second kappa shape index (κ2) is 5.66. The zero-order valence-corrected chi connectivity index (χ0v) is 7.68. The molecule has 0 saturated carbocycles. The Hall–Kier alpha value is -0.960. The van der Waals surface area contributed by atoms with E-state index in [0.717, 1.165) is 5.57 Å². The summed E-state index contributed by atoms with van der Waals surface area (Å²) < 4.78 is 0. The fourth-order valence-corrected chi connectivity index (χ4v) is 0.639. The number of aliphatic carboxylic acids is 1. The van der Waals surface area contributed by atoms with Crippen molar-refractivity contribution in [2.45, 2.75) is 12.8 Å². The summed E-state index contributed by atoms with van der Waals surface area (Å²) in [5.74, 6) is -0.811. The molecule has 0 saturated heterocycles. The number of carboxylic acids is 1. The molecule has 0 aliphatic carbocycles. The van der Waals surface area contributed by atoms with Crippen LogP contribution in [0.25, 0.3) is 0 Å². The number of hydrogen-bond acceptors (Lipinski definition) is 2. The van der Waals surface area contributed by atoms with Gasteiger partial charge in [0.1, 0.15) is 0 Å². The summed E-state index contributed by atoms with van der Waals surface area (Å²) in [6.07, 6.45) is 3.99. The van der Waals surface area contributed by atoms with Gasteiger partial charge in [-0.15, -0.1) is 12.6 Å². The molecule has 0 fully saturated rings. The Labute approximate surface area is 77.7 Å². The molecular weight excluding hydrogens is 172 g/mol. The summed E-state index contributed by atoms with van der Waals surface area (Å²) in [7, 11) is 0. The zero-order valence-electron chi connectivity index (χ0n) is 6.79. The number of thiol groups is 1. The fraction of sp³-hybridized carbons (Fsp3) is 0.222. The van der Waals surface area contributed by atoms with Crippen molar-refractivity contribution in [3.8, 4) is 0 Å². The first-order valence-corrected chi connectivity index (χ1v) is 3.92. The molecule has 0 bridgehead atoms. The Morgan fingerprint density at radius 2 is 1.92 bits per heavy atom. The van der Waals surface area contributed by atoms with Crippen molar-refractivity contribution in [1.82, 2.24) is 0 Å². The first kappa shape index (κ1) is 11.0. The van der Waals surface area contributed by atoms with Crippen molar-refractivity contribution in [1.29, 1.82) is 0 Å². The van der Waals surface area contributed by atoms with Crippen LogP contribution in [0.3, 0.4) is 0 Å². The van der Waals surface area contributed by atoms with Gasteiger partial charge in [0.15, 0.2) is 0 Å². The Kier molecular flexibility index (Phi) is 5.21. The molecular formula is C9H12O2S. The first-order valence-electron chi connectivity index (χ1n) is 3.48. The molecule has 0 aromatic rings. The molecule has 66 valence electrons. The van der Waals surface area contributed by atoms with Gasteiger partial charge in [0.2, 0.25) is 0 Å². The van der Waals surface area contributed by atoms with E-state index < -0.39 is 5.97 Å². The van der Waals surface area contributed by atoms with Crippen LogP contribution in [0, 0.1) is 0 Å². The average molecular weight is 184 g/mol. The van der Waals surface area contributed by atoms with Gasteiger partial charge < -0.3 is 5.11 Å². The van der Waals surface area contributed by atoms with Gasteiger partial charge in [0, 0.05) is 6.42 Å². The molecule has 3 heteroatoms. The highest BCUT2D eigenvalue weighted by molar-refractivity contribution is 7.84. The number of hydrogen-bond donors (Lipinski definition) is 2. The van der Waals surface area contributed by atoms with E-state index in [1.165, 1.54) is 0 Å². The van der Waals surface area contributed by atoms with Crippen LogP contribution < -0.4 is 0 Å². The fourth-order valence-electron chi connectivity index (χ4n) is 0.565. The van der Waals surface area contributed by atoms with E-state index in [0.29, 0.717) is 11.3 Å². The van der Waals surface area contributed by atoms with Crippen LogP contribution in [0.1, 0.15) is 12.8 Å². The third kappa shape index (κ3) is 7.15. The summed E-state index contributed by atoms with van der Waals surface area (Å²) in [5.41, 5.74) is 0.771. The number of rotatable bonds is 5. The van der Waals surface area contributed by atoms with E-state index in [-0.39, 0.29) is 6.42 Å². The van der Waals surface area contributed by atoms with E-state index in [4.69, 9.17) is 5.11 Å². The van der Waals surface area contributed by atoms with E-state index in [1.54, 1.807) is 12.2 Å². The Balaban J connectivity index is 3.75. The van der Waals surface area contributed by atoms with E-state index in [1.807, 2.05) is 0 Å². The Bertz CT molecular complexity index is 229. The lowest BCUT2D eigenvalue weighted by atomic mass is 10.1. The normalized spacial score (nSPS) is 10.1. The van der Waals surface area contributed by atoms with Crippen LogP contribution in [0.2, 0.25) is 0 Å². The van der Waals surface area contributed by atoms with Crippen LogP contribution in [0.4, 0.5) is 0 Å². The van der Waals surface area contributed by atoms with Gasteiger partial charge in [0.05, 0.1) is 0 Å². The summed E-state index contributed by atoms with van der Waals surface area (Å²) in [6.45, 7) is 7.22. The van der Waals surface area contributed by atoms with Crippen molar-refractivity contribution in [2.24, 2.45) is 0 Å². The van der Waals surface area contributed by atoms with E-state index in [9.17, 15) is 4.79 Å². The standard InChI is InChI=1S/C9H12O2S/c1-7(3-5-8(2)12)4-6-9(10)11/h3,5,12H,1-2,4,6H2,(H,10,11)/b5-3-. The van der Waals surface area contributed by atoms with Crippen molar-refractivity contribution < 1.29 is 9.90 Å². The lowest BCUT2D eigenvalue weighted by Crippen LogP contribution is -1.93. The van der Waals surface area contributed by atoms with Crippen LogP contribution >= 0.6 is 12.6 Å². The molecule has 0 atom stereocenters. The molecule has 1 N–H and O–H groups in total. The molecule has 0 radical (unpaired) electrons. The molecule has 0 rings (SSSR count). The van der Waals surface area contributed by atoms with Gasteiger partial charge >= 0.3 is 5.97 Å². The molecule has 0 heterocycles. The topological polar surface area (TPSA) is 37.3 Å². The van der Waals surface area contributed by atoms with Crippen molar-refractivity contribution >= 4 is 18.6 Å². The molecule has 0 aromatic carbocycles. The minimum absolute atomic E-state index is 0.113. The zero-order chi connectivity index (χ0) is 9.56. The largest absolute Gasteiger partial charge is 0.481 e. The molecule has 0 aliphatic rings.